The molecule has 0 saturated carbocycles. The summed E-state index contributed by atoms with van der Waals surface area (Å²) < 4.78 is 37.9. The Bertz CT molecular complexity index is 1060. The lowest BCUT2D eigenvalue weighted by Gasteiger charge is -2.32. The minimum absolute atomic E-state index is 0.153. The van der Waals surface area contributed by atoms with E-state index in [-0.39, 0.29) is 12.5 Å². The number of hydrogen-bond donors (Lipinski definition) is 1. The van der Waals surface area contributed by atoms with Gasteiger partial charge in [0.15, 0.2) is 11.5 Å². The zero-order valence-corrected chi connectivity index (χ0v) is 18.6. The molecule has 9 heteroatoms. The highest BCUT2D eigenvalue weighted by molar-refractivity contribution is 7.92. The second-order valence-electron chi connectivity index (χ2n) is 7.69. The highest BCUT2D eigenvalue weighted by Gasteiger charge is 2.26. The van der Waals surface area contributed by atoms with Crippen molar-refractivity contribution in [2.45, 2.75) is 6.42 Å². The van der Waals surface area contributed by atoms with E-state index in [2.05, 4.69) is 5.32 Å². The second-order valence-corrected chi connectivity index (χ2v) is 9.51. The van der Waals surface area contributed by atoms with E-state index < -0.39 is 10.0 Å². The van der Waals surface area contributed by atoms with Crippen molar-refractivity contribution in [3.05, 3.63) is 59.5 Å². The molecule has 0 aromatic heterocycles. The van der Waals surface area contributed by atoms with Gasteiger partial charge < -0.3 is 14.8 Å². The maximum Gasteiger partial charge on any atom is 0.238 e. The molecule has 4 rings (SSSR count). The summed E-state index contributed by atoms with van der Waals surface area (Å²) in [5, 5.41) is 4.13. The average Bonchev–Trinajstić information content (AvgIpc) is 3.04. The summed E-state index contributed by atoms with van der Waals surface area (Å²) in [5.41, 5.74) is 1.48. The molecule has 32 heavy (non-hydrogen) atoms. The fourth-order valence-corrected chi connectivity index (χ4v) is 4.78. The topological polar surface area (TPSA) is 88.2 Å². The monoisotopic (exact) mass is 457 g/mol. The maximum atomic E-state index is 12.6. The number of benzene rings is 2. The van der Waals surface area contributed by atoms with Gasteiger partial charge in [-0.05, 0) is 23.8 Å². The van der Waals surface area contributed by atoms with Crippen LogP contribution in [0.2, 0.25) is 0 Å². The van der Waals surface area contributed by atoms with Crippen molar-refractivity contribution >= 4 is 27.7 Å². The highest BCUT2D eigenvalue weighted by atomic mass is 32.2. The number of rotatable bonds is 6. The molecule has 2 heterocycles. The van der Waals surface area contributed by atoms with Gasteiger partial charge in [0.05, 0.1) is 19.8 Å². The van der Waals surface area contributed by atoms with Gasteiger partial charge in [0, 0.05) is 49.8 Å². The molecule has 0 unspecified atom stereocenters. The summed E-state index contributed by atoms with van der Waals surface area (Å²) in [4.78, 5) is 14.4. The van der Waals surface area contributed by atoms with Gasteiger partial charge in [-0.1, -0.05) is 30.3 Å². The van der Waals surface area contributed by atoms with Gasteiger partial charge in [-0.3, -0.25) is 9.69 Å². The third-order valence-corrected chi connectivity index (χ3v) is 6.89. The Morgan fingerprint density at radius 2 is 1.69 bits per heavy atom. The molecule has 1 saturated heterocycles. The van der Waals surface area contributed by atoms with Gasteiger partial charge in [0.1, 0.15) is 0 Å². The summed E-state index contributed by atoms with van der Waals surface area (Å²) in [5.74, 6) is 1.15. The van der Waals surface area contributed by atoms with E-state index in [1.807, 2.05) is 35.2 Å². The average molecular weight is 458 g/mol. The summed E-state index contributed by atoms with van der Waals surface area (Å²) in [6.45, 7) is 3.07. The van der Waals surface area contributed by atoms with Crippen molar-refractivity contribution in [2.75, 3.05) is 51.3 Å². The van der Waals surface area contributed by atoms with Crippen LogP contribution in [0, 0.1) is 0 Å². The number of carbonyl (C=O) groups is 1. The zero-order chi connectivity index (χ0) is 22.4. The van der Waals surface area contributed by atoms with Crippen LogP contribution < -0.4 is 14.8 Å². The first-order chi connectivity index (χ1) is 15.5. The van der Waals surface area contributed by atoms with Crippen LogP contribution >= 0.6 is 0 Å². The van der Waals surface area contributed by atoms with E-state index in [1.54, 1.807) is 24.3 Å². The second kappa shape index (κ2) is 10.2. The number of amides is 1. The lowest BCUT2D eigenvalue weighted by Crippen LogP contribution is -2.49. The molecule has 2 aromatic rings. The molecule has 0 bridgehead atoms. The Morgan fingerprint density at radius 1 is 0.969 bits per heavy atom. The van der Waals surface area contributed by atoms with Crippen molar-refractivity contribution in [3.8, 4) is 11.5 Å². The van der Waals surface area contributed by atoms with Gasteiger partial charge in [0.25, 0.3) is 0 Å². The van der Waals surface area contributed by atoms with Gasteiger partial charge >= 0.3 is 0 Å². The number of hydrogen-bond acceptors (Lipinski definition) is 6. The standard InChI is InChI=1S/C23H27N3O5S/c27-23(24-20-7-8-21-22(17-20)31-15-4-14-30-21)18-25-10-12-26(13-11-25)32(28,29)16-9-19-5-2-1-3-6-19/h1-3,5-9,16-17H,4,10-15,18H2,(H,24,27). The van der Waals surface area contributed by atoms with Crippen LogP contribution in [0.5, 0.6) is 11.5 Å². The predicted molar refractivity (Wildman–Crippen MR) is 123 cm³/mol. The van der Waals surface area contributed by atoms with Crippen LogP contribution in [0.25, 0.3) is 6.08 Å². The van der Waals surface area contributed by atoms with E-state index in [0.29, 0.717) is 56.6 Å². The third-order valence-electron chi connectivity index (χ3n) is 5.32. The van der Waals surface area contributed by atoms with Crippen molar-refractivity contribution in [1.29, 1.82) is 0 Å². The van der Waals surface area contributed by atoms with Crippen LogP contribution in [0.3, 0.4) is 0 Å². The van der Waals surface area contributed by atoms with E-state index in [4.69, 9.17) is 9.47 Å². The molecule has 0 spiro atoms. The molecular weight excluding hydrogens is 430 g/mol. The Kier molecular flexibility index (Phi) is 7.09. The van der Waals surface area contributed by atoms with E-state index in [9.17, 15) is 13.2 Å². The van der Waals surface area contributed by atoms with Gasteiger partial charge in [-0.2, -0.15) is 4.31 Å². The first-order valence-electron chi connectivity index (χ1n) is 10.6. The van der Waals surface area contributed by atoms with Crippen molar-refractivity contribution < 1.29 is 22.7 Å². The number of fused-ring (bicyclic) bond motifs is 1. The number of anilines is 1. The fraction of sp³-hybridized carbons (Fsp3) is 0.348. The van der Waals surface area contributed by atoms with Crippen molar-refractivity contribution in [2.24, 2.45) is 0 Å². The molecule has 1 amide bonds. The smallest absolute Gasteiger partial charge is 0.238 e. The predicted octanol–water partition coefficient (Wildman–Crippen LogP) is 2.40. The maximum absolute atomic E-state index is 12.6. The Hall–Kier alpha value is -2.88. The normalized spacial score (nSPS) is 17.8. The summed E-state index contributed by atoms with van der Waals surface area (Å²) in [7, 11) is -3.49. The lowest BCUT2D eigenvalue weighted by molar-refractivity contribution is -0.117. The summed E-state index contributed by atoms with van der Waals surface area (Å²) >= 11 is 0. The number of nitrogens with zero attached hydrogens (tertiary/aromatic N) is 2. The molecule has 0 radical (unpaired) electrons. The SMILES string of the molecule is O=C(CN1CCN(S(=O)(=O)C=Cc2ccccc2)CC1)Nc1ccc2c(c1)OCCCO2. The number of sulfonamides is 1. The first-order valence-corrected chi connectivity index (χ1v) is 12.1. The minimum atomic E-state index is -3.49. The largest absolute Gasteiger partial charge is 0.490 e. The zero-order valence-electron chi connectivity index (χ0n) is 17.8. The first kappa shape index (κ1) is 22.3. The summed E-state index contributed by atoms with van der Waals surface area (Å²) in [6, 6.07) is 14.7. The molecular formula is C23H27N3O5S. The van der Waals surface area contributed by atoms with Crippen LogP contribution in [0.15, 0.2) is 53.9 Å². The molecule has 1 N–H and O–H groups in total. The lowest BCUT2D eigenvalue weighted by atomic mass is 10.2. The van der Waals surface area contributed by atoms with Crippen molar-refractivity contribution in [3.63, 3.8) is 0 Å². The van der Waals surface area contributed by atoms with Gasteiger partial charge in [0.2, 0.25) is 15.9 Å². The number of ether oxygens (including phenoxy) is 2. The number of nitrogens with one attached hydrogen (secondary N) is 1. The Morgan fingerprint density at radius 3 is 2.44 bits per heavy atom. The molecule has 0 aliphatic carbocycles. The fourth-order valence-electron chi connectivity index (χ4n) is 3.60. The Labute approximate surface area is 188 Å². The van der Waals surface area contributed by atoms with E-state index >= 15 is 0 Å². The molecule has 2 aliphatic heterocycles. The van der Waals surface area contributed by atoms with Crippen molar-refractivity contribution in [1.82, 2.24) is 9.21 Å². The van der Waals surface area contributed by atoms with Crippen LogP contribution in [0.4, 0.5) is 5.69 Å². The third kappa shape index (κ3) is 5.87. The number of carbonyl (C=O) groups excluding carboxylic acids is 1. The minimum Gasteiger partial charge on any atom is -0.490 e. The highest BCUT2D eigenvalue weighted by Crippen LogP contribution is 2.32. The van der Waals surface area contributed by atoms with Crippen LogP contribution in [0.1, 0.15) is 12.0 Å². The van der Waals surface area contributed by atoms with Gasteiger partial charge in [-0.25, -0.2) is 8.42 Å². The van der Waals surface area contributed by atoms with Gasteiger partial charge in [-0.15, -0.1) is 0 Å². The number of piperazine rings is 1. The van der Waals surface area contributed by atoms with E-state index in [0.717, 1.165) is 12.0 Å². The van der Waals surface area contributed by atoms with Crippen LogP contribution in [-0.2, 0) is 14.8 Å². The Balaban J connectivity index is 1.27. The molecule has 2 aromatic carbocycles. The molecule has 170 valence electrons. The van der Waals surface area contributed by atoms with Crippen LogP contribution in [-0.4, -0.2) is 69.5 Å². The van der Waals surface area contributed by atoms with E-state index in [1.165, 1.54) is 9.71 Å². The summed E-state index contributed by atoms with van der Waals surface area (Å²) in [6.07, 6.45) is 2.42. The molecule has 8 nitrogen and oxygen atoms in total. The molecule has 0 atom stereocenters. The quantitative estimate of drug-likeness (QED) is 0.717. The molecule has 1 fully saturated rings. The molecule has 2 aliphatic rings.